The molecule has 0 aliphatic heterocycles. The second-order valence-electron chi connectivity index (χ2n) is 3.67. The average molecular weight is 271 g/mol. The van der Waals surface area contributed by atoms with Gasteiger partial charge in [-0.3, -0.25) is 9.59 Å². The Kier molecular flexibility index (Phi) is 4.27. The van der Waals surface area contributed by atoms with Crippen LogP contribution in [0.15, 0.2) is 24.3 Å². The largest absolute Gasteiger partial charge is 0.399 e. The summed E-state index contributed by atoms with van der Waals surface area (Å²) >= 11 is 0. The molecule has 0 aliphatic carbocycles. The highest BCUT2D eigenvalue weighted by Crippen LogP contribution is 2.10. The second-order valence-corrected chi connectivity index (χ2v) is 5.73. The molecule has 2 amide bonds. The summed E-state index contributed by atoms with van der Waals surface area (Å²) in [7, 11) is -3.82. The first-order valence-corrected chi connectivity index (χ1v) is 6.75. The van der Waals surface area contributed by atoms with Gasteiger partial charge in [-0.25, -0.2) is 8.42 Å². The molecular formula is C10H13N3O4S. The Bertz CT molecular complexity index is 551. The van der Waals surface area contributed by atoms with Crippen molar-refractivity contribution in [3.63, 3.8) is 0 Å². The smallest absolute Gasteiger partial charge is 0.239 e. The minimum absolute atomic E-state index is 0.420. The predicted octanol–water partition coefficient (Wildman–Crippen LogP) is -0.893. The molecule has 0 fully saturated rings. The van der Waals surface area contributed by atoms with E-state index < -0.39 is 33.2 Å². The number of hydrogen-bond donors (Lipinski definition) is 3. The van der Waals surface area contributed by atoms with Crippen molar-refractivity contribution < 1.29 is 18.0 Å². The first-order valence-electron chi connectivity index (χ1n) is 4.92. The van der Waals surface area contributed by atoms with Gasteiger partial charge in [0.1, 0.15) is 11.5 Å². The van der Waals surface area contributed by atoms with E-state index in [9.17, 15) is 18.0 Å². The van der Waals surface area contributed by atoms with Gasteiger partial charge in [-0.05, 0) is 24.3 Å². The van der Waals surface area contributed by atoms with Crippen LogP contribution < -0.4 is 16.8 Å². The summed E-state index contributed by atoms with van der Waals surface area (Å²) in [5.41, 5.74) is 11.2. The molecule has 1 aromatic carbocycles. The Labute approximate surface area is 104 Å². The molecule has 0 atom stereocenters. The molecule has 5 N–H and O–H groups in total. The van der Waals surface area contributed by atoms with E-state index in [1.807, 2.05) is 0 Å². The molecule has 0 radical (unpaired) electrons. The maximum atomic E-state index is 11.4. The van der Waals surface area contributed by atoms with E-state index >= 15 is 0 Å². The van der Waals surface area contributed by atoms with E-state index in [0.717, 1.165) is 0 Å². The lowest BCUT2D eigenvalue weighted by Gasteiger charge is -2.05. The Hall–Kier alpha value is -2.09. The number of rotatable bonds is 5. The minimum atomic E-state index is -3.82. The fourth-order valence-corrected chi connectivity index (χ4v) is 2.24. The molecule has 0 unspecified atom stereocenters. The highest BCUT2D eigenvalue weighted by atomic mass is 32.2. The number of carbonyl (C=O) groups excluding carboxylic acids is 2. The topological polar surface area (TPSA) is 132 Å². The number of carbonyl (C=O) groups is 2. The van der Waals surface area contributed by atoms with Crippen molar-refractivity contribution in [2.24, 2.45) is 5.73 Å². The van der Waals surface area contributed by atoms with Crippen LogP contribution in [0.1, 0.15) is 0 Å². The first kappa shape index (κ1) is 14.0. The van der Waals surface area contributed by atoms with Crippen LogP contribution in [0.4, 0.5) is 11.4 Å². The van der Waals surface area contributed by atoms with Crippen molar-refractivity contribution in [2.75, 3.05) is 22.6 Å². The molecule has 98 valence electrons. The number of nitrogens with one attached hydrogen (secondary N) is 1. The van der Waals surface area contributed by atoms with Gasteiger partial charge in [0.2, 0.25) is 11.8 Å². The standard InChI is InChI=1S/C10H13N3O4S/c11-7-1-3-8(4-2-7)13-10(15)6-18(16,17)5-9(12)14/h1-4H,5-6,11H2,(H2,12,14)(H,13,15). The SMILES string of the molecule is NC(=O)CS(=O)(=O)CC(=O)Nc1ccc(N)cc1. The summed E-state index contributed by atoms with van der Waals surface area (Å²) in [6.45, 7) is 0. The Balaban J connectivity index is 2.62. The first-order chi connectivity index (χ1) is 8.28. The molecule has 1 rings (SSSR count). The third kappa shape index (κ3) is 4.83. The van der Waals surface area contributed by atoms with Crippen molar-refractivity contribution in [3.8, 4) is 0 Å². The summed E-state index contributed by atoms with van der Waals surface area (Å²) in [5.74, 6) is -3.36. The van der Waals surface area contributed by atoms with Crippen molar-refractivity contribution in [3.05, 3.63) is 24.3 Å². The van der Waals surface area contributed by atoms with Crippen LogP contribution in [-0.2, 0) is 19.4 Å². The molecular weight excluding hydrogens is 258 g/mol. The Morgan fingerprint density at radius 1 is 1.11 bits per heavy atom. The van der Waals surface area contributed by atoms with Crippen molar-refractivity contribution in [2.45, 2.75) is 0 Å². The minimum Gasteiger partial charge on any atom is -0.399 e. The van der Waals surface area contributed by atoms with Crippen LogP contribution in [0.5, 0.6) is 0 Å². The summed E-state index contributed by atoms with van der Waals surface area (Å²) in [6, 6.07) is 6.20. The van der Waals surface area contributed by atoms with Gasteiger partial charge in [-0.1, -0.05) is 0 Å². The molecule has 0 spiro atoms. The quantitative estimate of drug-likeness (QED) is 0.597. The van der Waals surface area contributed by atoms with Crippen molar-refractivity contribution in [1.29, 1.82) is 0 Å². The molecule has 0 aromatic heterocycles. The molecule has 0 aliphatic rings. The summed E-state index contributed by atoms with van der Waals surface area (Å²) in [5, 5.41) is 2.37. The molecule has 0 bridgehead atoms. The van der Waals surface area contributed by atoms with E-state index in [1.54, 1.807) is 12.1 Å². The zero-order chi connectivity index (χ0) is 13.8. The monoisotopic (exact) mass is 271 g/mol. The molecule has 8 heteroatoms. The number of nitrogen functional groups attached to an aromatic ring is 1. The van der Waals surface area contributed by atoms with Crippen LogP contribution in [0.3, 0.4) is 0 Å². The van der Waals surface area contributed by atoms with Gasteiger partial charge in [0.05, 0.1) is 0 Å². The fraction of sp³-hybridized carbons (Fsp3) is 0.200. The lowest BCUT2D eigenvalue weighted by molar-refractivity contribution is -0.115. The Morgan fingerprint density at radius 3 is 2.17 bits per heavy atom. The zero-order valence-electron chi connectivity index (χ0n) is 9.42. The fourth-order valence-electron chi connectivity index (χ4n) is 1.23. The third-order valence-corrected chi connectivity index (χ3v) is 3.33. The van der Waals surface area contributed by atoms with Crippen LogP contribution >= 0.6 is 0 Å². The molecule has 0 saturated carbocycles. The average Bonchev–Trinajstić information content (AvgIpc) is 2.18. The van der Waals surface area contributed by atoms with E-state index in [-0.39, 0.29) is 0 Å². The van der Waals surface area contributed by atoms with Gasteiger partial charge >= 0.3 is 0 Å². The summed E-state index contributed by atoms with van der Waals surface area (Å²) < 4.78 is 22.6. The van der Waals surface area contributed by atoms with Gasteiger partial charge in [-0.15, -0.1) is 0 Å². The predicted molar refractivity (Wildman–Crippen MR) is 67.3 cm³/mol. The number of benzene rings is 1. The van der Waals surface area contributed by atoms with Gasteiger partial charge in [0.15, 0.2) is 9.84 Å². The number of nitrogens with two attached hydrogens (primary N) is 2. The summed E-state index contributed by atoms with van der Waals surface area (Å²) in [6.07, 6.45) is 0. The van der Waals surface area contributed by atoms with Crippen LogP contribution in [0, 0.1) is 0 Å². The number of amides is 2. The Morgan fingerprint density at radius 2 is 1.67 bits per heavy atom. The van der Waals surface area contributed by atoms with Gasteiger partial charge in [0.25, 0.3) is 0 Å². The normalized spacial score (nSPS) is 10.9. The van der Waals surface area contributed by atoms with E-state index in [4.69, 9.17) is 11.5 Å². The molecule has 18 heavy (non-hydrogen) atoms. The van der Waals surface area contributed by atoms with Crippen LogP contribution in [0.25, 0.3) is 0 Å². The number of anilines is 2. The number of sulfone groups is 1. The van der Waals surface area contributed by atoms with Gasteiger partial charge in [0, 0.05) is 11.4 Å². The third-order valence-electron chi connectivity index (χ3n) is 1.91. The van der Waals surface area contributed by atoms with Crippen LogP contribution in [-0.4, -0.2) is 31.7 Å². The molecule has 0 saturated heterocycles. The maximum Gasteiger partial charge on any atom is 0.239 e. The molecule has 1 aromatic rings. The van der Waals surface area contributed by atoms with Crippen molar-refractivity contribution in [1.82, 2.24) is 0 Å². The summed E-state index contributed by atoms with van der Waals surface area (Å²) in [4.78, 5) is 21.9. The van der Waals surface area contributed by atoms with Crippen LogP contribution in [0.2, 0.25) is 0 Å². The van der Waals surface area contributed by atoms with Gasteiger partial charge < -0.3 is 16.8 Å². The van der Waals surface area contributed by atoms with Gasteiger partial charge in [-0.2, -0.15) is 0 Å². The number of hydrogen-bond acceptors (Lipinski definition) is 5. The lowest BCUT2D eigenvalue weighted by atomic mass is 10.3. The highest BCUT2D eigenvalue weighted by Gasteiger charge is 2.19. The van der Waals surface area contributed by atoms with E-state index in [0.29, 0.717) is 11.4 Å². The maximum absolute atomic E-state index is 11.4. The van der Waals surface area contributed by atoms with E-state index in [2.05, 4.69) is 5.32 Å². The van der Waals surface area contributed by atoms with E-state index in [1.165, 1.54) is 12.1 Å². The zero-order valence-corrected chi connectivity index (χ0v) is 10.2. The second kappa shape index (κ2) is 5.50. The lowest BCUT2D eigenvalue weighted by Crippen LogP contribution is -2.30. The number of primary amides is 1. The highest BCUT2D eigenvalue weighted by molar-refractivity contribution is 7.92. The molecule has 7 nitrogen and oxygen atoms in total. The molecule has 0 heterocycles. The van der Waals surface area contributed by atoms with Crippen molar-refractivity contribution >= 4 is 33.0 Å².